The molecule has 0 spiro atoms. The van der Waals surface area contributed by atoms with Gasteiger partial charge in [-0.3, -0.25) is 14.6 Å². The van der Waals surface area contributed by atoms with Crippen molar-refractivity contribution in [2.75, 3.05) is 11.1 Å². The zero-order chi connectivity index (χ0) is 24.4. The minimum absolute atomic E-state index is 0.276. The Morgan fingerprint density at radius 2 is 1.94 bits per heavy atom. The fourth-order valence-electron chi connectivity index (χ4n) is 4.62. The second-order valence-electron chi connectivity index (χ2n) is 9.24. The van der Waals surface area contributed by atoms with Crippen molar-refractivity contribution in [2.24, 2.45) is 16.1 Å². The van der Waals surface area contributed by atoms with Crippen molar-refractivity contribution in [3.63, 3.8) is 0 Å². The predicted molar refractivity (Wildman–Crippen MR) is 131 cm³/mol. The molecule has 0 aliphatic heterocycles. The van der Waals surface area contributed by atoms with Crippen LogP contribution in [0.25, 0.3) is 10.9 Å². The zero-order valence-electron chi connectivity index (χ0n) is 18.8. The Bertz CT molecular complexity index is 1420. The first kappa shape index (κ1) is 21.8. The number of para-hydroxylation sites is 1. The van der Waals surface area contributed by atoms with Gasteiger partial charge in [0.1, 0.15) is 5.67 Å². The lowest BCUT2D eigenvalue weighted by Gasteiger charge is -2.13. The van der Waals surface area contributed by atoms with Gasteiger partial charge in [-0.05, 0) is 32.0 Å². The molecule has 7 N–H and O–H groups in total. The molecule has 1 aromatic heterocycles. The van der Waals surface area contributed by atoms with Crippen LogP contribution in [-0.2, 0) is 9.59 Å². The third kappa shape index (κ3) is 3.11. The van der Waals surface area contributed by atoms with Crippen molar-refractivity contribution in [3.05, 3.63) is 53.2 Å². The van der Waals surface area contributed by atoms with Crippen molar-refractivity contribution in [3.8, 4) is 0 Å². The second-order valence-corrected chi connectivity index (χ2v) is 9.24. The van der Waals surface area contributed by atoms with Gasteiger partial charge in [0.25, 0.3) is 0 Å². The Balaban J connectivity index is 1.62. The van der Waals surface area contributed by atoms with Gasteiger partial charge in [-0.25, -0.2) is 4.39 Å². The normalized spacial score (nSPS) is 23.8. The fraction of sp³-hybridized carbons (Fsp3) is 0.280. The number of anilines is 2. The van der Waals surface area contributed by atoms with Crippen molar-refractivity contribution < 1.29 is 14.0 Å². The molecule has 2 aromatic carbocycles. The molecule has 5 rings (SSSR count). The van der Waals surface area contributed by atoms with Crippen molar-refractivity contribution in [1.29, 1.82) is 5.41 Å². The van der Waals surface area contributed by atoms with Gasteiger partial charge >= 0.3 is 0 Å². The maximum absolute atomic E-state index is 14.1. The SMILES string of the molecule is CC(=Nc1c(C(C)C(N)=O)[nH]c2ccc(N)c(C=N)c12)c1ccccc1NC(=O)C12CC1(F)C2. The molecule has 174 valence electrons. The quantitative estimate of drug-likeness (QED) is 0.268. The minimum Gasteiger partial charge on any atom is -0.398 e. The molecule has 3 aromatic rings. The summed E-state index contributed by atoms with van der Waals surface area (Å²) in [4.78, 5) is 32.7. The molecule has 2 aliphatic rings. The van der Waals surface area contributed by atoms with Crippen LogP contribution in [0.2, 0.25) is 0 Å². The van der Waals surface area contributed by atoms with Gasteiger partial charge in [-0.15, -0.1) is 0 Å². The summed E-state index contributed by atoms with van der Waals surface area (Å²) >= 11 is 0. The molecule has 0 bridgehead atoms. The van der Waals surface area contributed by atoms with Crippen molar-refractivity contribution in [2.45, 2.75) is 38.3 Å². The van der Waals surface area contributed by atoms with Crippen molar-refractivity contribution >= 4 is 51.7 Å². The van der Waals surface area contributed by atoms with E-state index < -0.39 is 22.9 Å². The number of alkyl halides is 1. The van der Waals surface area contributed by atoms with Crippen LogP contribution in [0.5, 0.6) is 0 Å². The number of aromatic amines is 1. The fourth-order valence-corrected chi connectivity index (χ4v) is 4.62. The third-order valence-electron chi connectivity index (χ3n) is 7.10. The van der Waals surface area contributed by atoms with E-state index in [2.05, 4.69) is 10.3 Å². The molecule has 1 heterocycles. The van der Waals surface area contributed by atoms with Crippen LogP contribution in [0.3, 0.4) is 0 Å². The molecule has 2 saturated carbocycles. The minimum atomic E-state index is -1.33. The van der Waals surface area contributed by atoms with Gasteiger partial charge in [0.05, 0.1) is 22.7 Å². The maximum atomic E-state index is 14.1. The second kappa shape index (κ2) is 7.24. The number of hydrogen-bond acceptors (Lipinski definition) is 5. The number of benzene rings is 2. The van der Waals surface area contributed by atoms with E-state index >= 15 is 0 Å². The molecular formula is C25H25FN6O2. The van der Waals surface area contributed by atoms with Crippen LogP contribution < -0.4 is 16.8 Å². The van der Waals surface area contributed by atoms with Crippen LogP contribution in [0.1, 0.15) is 49.4 Å². The highest BCUT2D eigenvalue weighted by Gasteiger charge is 2.89. The summed E-state index contributed by atoms with van der Waals surface area (Å²) in [6.07, 6.45) is 1.71. The number of halogens is 1. The Labute approximate surface area is 195 Å². The topological polar surface area (TPSA) is 150 Å². The molecule has 8 nitrogen and oxygen atoms in total. The molecule has 9 heteroatoms. The number of amides is 2. The first-order chi connectivity index (χ1) is 16.1. The average Bonchev–Trinajstić information content (AvgIpc) is 3.54. The van der Waals surface area contributed by atoms with Crippen LogP contribution >= 0.6 is 0 Å². The molecule has 1 atom stereocenters. The number of aromatic nitrogens is 1. The molecule has 2 fully saturated rings. The van der Waals surface area contributed by atoms with E-state index in [0.717, 1.165) is 6.21 Å². The first-order valence-electron chi connectivity index (χ1n) is 11.0. The number of hydrogen-bond donors (Lipinski definition) is 5. The van der Waals surface area contributed by atoms with Gasteiger partial charge < -0.3 is 27.2 Å². The summed E-state index contributed by atoms with van der Waals surface area (Å²) in [5.74, 6) is -1.51. The van der Waals surface area contributed by atoms with E-state index in [1.807, 2.05) is 12.1 Å². The third-order valence-corrected chi connectivity index (χ3v) is 7.10. The Morgan fingerprint density at radius 3 is 2.56 bits per heavy atom. The van der Waals surface area contributed by atoms with E-state index in [9.17, 15) is 14.0 Å². The van der Waals surface area contributed by atoms with E-state index in [1.165, 1.54) is 0 Å². The summed E-state index contributed by atoms with van der Waals surface area (Å²) in [5.41, 5.74) is 13.8. The molecule has 0 radical (unpaired) electrons. The largest absolute Gasteiger partial charge is 0.398 e. The van der Waals surface area contributed by atoms with E-state index in [1.54, 1.807) is 38.1 Å². The van der Waals surface area contributed by atoms with E-state index in [0.29, 0.717) is 50.5 Å². The number of carbonyl (C=O) groups is 2. The maximum Gasteiger partial charge on any atom is 0.234 e. The molecular weight excluding hydrogens is 435 g/mol. The lowest BCUT2D eigenvalue weighted by Crippen LogP contribution is -2.20. The van der Waals surface area contributed by atoms with Crippen LogP contribution in [0.4, 0.5) is 21.5 Å². The van der Waals surface area contributed by atoms with Crippen molar-refractivity contribution in [1.82, 2.24) is 4.98 Å². The van der Waals surface area contributed by atoms with Crippen LogP contribution in [0, 0.1) is 10.8 Å². The molecule has 2 aliphatic carbocycles. The molecule has 0 saturated heterocycles. The zero-order valence-corrected chi connectivity index (χ0v) is 18.8. The highest BCUT2D eigenvalue weighted by molar-refractivity contribution is 6.14. The highest BCUT2D eigenvalue weighted by atomic mass is 19.1. The smallest absolute Gasteiger partial charge is 0.234 e. The summed E-state index contributed by atoms with van der Waals surface area (Å²) < 4.78 is 14.1. The summed E-state index contributed by atoms with van der Waals surface area (Å²) in [5, 5.41) is 11.3. The monoisotopic (exact) mass is 460 g/mol. The first-order valence-corrected chi connectivity index (χ1v) is 11.0. The Morgan fingerprint density at radius 1 is 1.26 bits per heavy atom. The van der Waals surface area contributed by atoms with Gasteiger partial charge in [0.2, 0.25) is 11.8 Å². The predicted octanol–water partition coefficient (Wildman–Crippen LogP) is 3.92. The number of nitrogens with zero attached hydrogens (tertiary/aromatic N) is 1. The molecule has 1 unspecified atom stereocenters. The molecule has 34 heavy (non-hydrogen) atoms. The number of primary amides is 1. The van der Waals surface area contributed by atoms with Gasteiger partial charge in [0, 0.05) is 58.2 Å². The van der Waals surface area contributed by atoms with E-state index in [4.69, 9.17) is 21.9 Å². The van der Waals surface area contributed by atoms with Gasteiger partial charge in [-0.2, -0.15) is 0 Å². The number of rotatable bonds is 7. The average molecular weight is 461 g/mol. The summed E-state index contributed by atoms with van der Waals surface area (Å²) in [6, 6.07) is 10.6. The van der Waals surface area contributed by atoms with Gasteiger partial charge in [-0.1, -0.05) is 18.2 Å². The number of fused-ring (bicyclic) bond motifs is 2. The number of aliphatic imine (C=N–C) groups is 1. The summed E-state index contributed by atoms with van der Waals surface area (Å²) in [6.45, 7) is 3.46. The van der Waals surface area contributed by atoms with Gasteiger partial charge in [0.15, 0.2) is 0 Å². The number of nitrogens with one attached hydrogen (secondary N) is 3. The Hall–Kier alpha value is -4.01. The number of nitrogen functional groups attached to an aromatic ring is 1. The van der Waals surface area contributed by atoms with Crippen LogP contribution in [-0.4, -0.2) is 34.4 Å². The lowest BCUT2D eigenvalue weighted by atomic mass is 10.0. The number of nitrogens with two attached hydrogens (primary N) is 2. The Kier molecular flexibility index (Phi) is 4.65. The lowest BCUT2D eigenvalue weighted by molar-refractivity contribution is -0.120. The summed E-state index contributed by atoms with van der Waals surface area (Å²) in [7, 11) is 0. The van der Waals surface area contributed by atoms with Crippen LogP contribution in [0.15, 0.2) is 41.4 Å². The standard InChI is InChI=1S/C25H25FN6O2/c1-12(22(29)33)20-21(19-15(9-27)16(28)7-8-18(19)31-20)30-13(2)14-5-3-4-6-17(14)32-23(34)24-10-25(24,26)11-24/h3-9,12,27,31H,10-11,28H2,1-2H3,(H2,29,33)(H,32,34). The molecule has 2 amide bonds. The van der Waals surface area contributed by atoms with E-state index in [-0.39, 0.29) is 18.7 Å². The number of carbonyl (C=O) groups excluding carboxylic acids is 2. The highest BCUT2D eigenvalue weighted by Crippen LogP contribution is 2.81. The number of H-pyrrole nitrogens is 1.